The number of piperazine rings is 1. The predicted molar refractivity (Wildman–Crippen MR) is 119 cm³/mol. The molecule has 1 N–H and O–H groups in total. The van der Waals surface area contributed by atoms with E-state index in [2.05, 4.69) is 34.3 Å². The summed E-state index contributed by atoms with van der Waals surface area (Å²) in [5, 5.41) is 2.90. The topological polar surface area (TPSA) is 55.9 Å². The van der Waals surface area contributed by atoms with E-state index in [1.807, 2.05) is 43.3 Å². The largest absolute Gasteiger partial charge is 0.369 e. The first-order valence-corrected chi connectivity index (χ1v) is 10.1. The van der Waals surface area contributed by atoms with Gasteiger partial charge in [0.2, 0.25) is 11.8 Å². The summed E-state index contributed by atoms with van der Waals surface area (Å²) in [6.07, 6.45) is 0.244. The molecule has 0 unspecified atom stereocenters. The Labute approximate surface area is 173 Å². The molecular weight excluding hydrogens is 364 g/mol. The van der Waals surface area contributed by atoms with E-state index in [0.717, 1.165) is 43.1 Å². The fourth-order valence-corrected chi connectivity index (χ4v) is 3.54. The molecule has 0 radical (unpaired) electrons. The smallest absolute Gasteiger partial charge is 0.226 e. The maximum Gasteiger partial charge on any atom is 0.226 e. The standard InChI is InChI=1S/C23H30N4O2/c1-18-5-4-6-20(17-18)24-23(29)11-12-27(19(2)28)22-9-7-21(8-10-22)26-15-13-25(3)14-16-26/h4-10,17H,11-16H2,1-3H3,(H,24,29). The van der Waals surface area contributed by atoms with Crippen LogP contribution in [0.4, 0.5) is 17.1 Å². The number of nitrogens with zero attached hydrogens (tertiary/aromatic N) is 3. The van der Waals surface area contributed by atoms with Gasteiger partial charge in [0.05, 0.1) is 0 Å². The molecule has 0 atom stereocenters. The molecule has 1 aliphatic heterocycles. The number of benzene rings is 2. The summed E-state index contributed by atoms with van der Waals surface area (Å²) < 4.78 is 0. The van der Waals surface area contributed by atoms with E-state index in [1.165, 1.54) is 12.6 Å². The van der Waals surface area contributed by atoms with Crippen LogP contribution in [-0.4, -0.2) is 56.5 Å². The minimum absolute atomic E-state index is 0.0688. The lowest BCUT2D eigenvalue weighted by atomic mass is 10.2. The van der Waals surface area contributed by atoms with Gasteiger partial charge in [-0.05, 0) is 55.9 Å². The molecule has 29 heavy (non-hydrogen) atoms. The third-order valence-electron chi connectivity index (χ3n) is 5.27. The highest BCUT2D eigenvalue weighted by Gasteiger charge is 2.17. The summed E-state index contributed by atoms with van der Waals surface area (Å²) in [7, 11) is 2.14. The molecule has 0 bridgehead atoms. The average Bonchev–Trinajstić information content (AvgIpc) is 2.69. The summed E-state index contributed by atoms with van der Waals surface area (Å²) in [6, 6.07) is 15.7. The zero-order valence-corrected chi connectivity index (χ0v) is 17.5. The van der Waals surface area contributed by atoms with E-state index in [0.29, 0.717) is 6.54 Å². The van der Waals surface area contributed by atoms with Gasteiger partial charge in [-0.25, -0.2) is 0 Å². The Bertz CT molecular complexity index is 842. The van der Waals surface area contributed by atoms with E-state index in [9.17, 15) is 9.59 Å². The van der Waals surface area contributed by atoms with Crippen LogP contribution in [0.2, 0.25) is 0 Å². The Balaban J connectivity index is 1.59. The average molecular weight is 395 g/mol. The number of carbonyl (C=O) groups excluding carboxylic acids is 2. The Hall–Kier alpha value is -2.86. The first kappa shape index (κ1) is 20.9. The van der Waals surface area contributed by atoms with Crippen molar-refractivity contribution in [3.8, 4) is 0 Å². The zero-order valence-electron chi connectivity index (χ0n) is 17.5. The molecule has 0 spiro atoms. The van der Waals surface area contributed by atoms with Gasteiger partial charge in [-0.2, -0.15) is 0 Å². The molecule has 0 aromatic heterocycles. The molecule has 0 saturated carbocycles. The fourth-order valence-electron chi connectivity index (χ4n) is 3.54. The highest BCUT2D eigenvalue weighted by Crippen LogP contribution is 2.22. The van der Waals surface area contributed by atoms with E-state index in [-0.39, 0.29) is 18.2 Å². The van der Waals surface area contributed by atoms with Gasteiger partial charge in [0.15, 0.2) is 0 Å². The van der Waals surface area contributed by atoms with Crippen LogP contribution in [0, 0.1) is 6.92 Å². The van der Waals surface area contributed by atoms with Crippen LogP contribution in [0.3, 0.4) is 0 Å². The van der Waals surface area contributed by atoms with Crippen LogP contribution in [0.5, 0.6) is 0 Å². The van der Waals surface area contributed by atoms with E-state index < -0.39 is 0 Å². The van der Waals surface area contributed by atoms with Gasteiger partial charge >= 0.3 is 0 Å². The van der Waals surface area contributed by atoms with E-state index in [1.54, 1.807) is 4.90 Å². The summed E-state index contributed by atoms with van der Waals surface area (Å²) in [4.78, 5) is 30.8. The Morgan fingerprint density at radius 3 is 2.34 bits per heavy atom. The predicted octanol–water partition coefficient (Wildman–Crippen LogP) is 3.13. The molecule has 2 amide bonds. The zero-order chi connectivity index (χ0) is 20.8. The van der Waals surface area contributed by atoms with Crippen LogP contribution >= 0.6 is 0 Å². The quantitative estimate of drug-likeness (QED) is 0.818. The summed E-state index contributed by atoms with van der Waals surface area (Å²) in [5.74, 6) is -0.170. The summed E-state index contributed by atoms with van der Waals surface area (Å²) >= 11 is 0. The van der Waals surface area contributed by atoms with Gasteiger partial charge in [0.25, 0.3) is 0 Å². The van der Waals surface area contributed by atoms with Crippen molar-refractivity contribution in [2.24, 2.45) is 0 Å². The molecule has 1 aliphatic rings. The van der Waals surface area contributed by atoms with Gasteiger partial charge < -0.3 is 20.0 Å². The second-order valence-corrected chi connectivity index (χ2v) is 7.65. The Morgan fingerprint density at radius 1 is 1.03 bits per heavy atom. The molecule has 6 nitrogen and oxygen atoms in total. The third kappa shape index (κ3) is 5.81. The molecule has 1 fully saturated rings. The molecule has 1 saturated heterocycles. The van der Waals surface area contributed by atoms with Crippen molar-refractivity contribution in [3.63, 3.8) is 0 Å². The minimum Gasteiger partial charge on any atom is -0.369 e. The maximum absolute atomic E-state index is 12.3. The van der Waals surface area contributed by atoms with Crippen molar-refractivity contribution in [2.45, 2.75) is 20.3 Å². The van der Waals surface area contributed by atoms with Crippen LogP contribution in [0.1, 0.15) is 18.9 Å². The van der Waals surface area contributed by atoms with Gasteiger partial charge in [-0.15, -0.1) is 0 Å². The van der Waals surface area contributed by atoms with Crippen LogP contribution in [0.15, 0.2) is 48.5 Å². The van der Waals surface area contributed by atoms with Crippen LogP contribution < -0.4 is 15.1 Å². The lowest BCUT2D eigenvalue weighted by Crippen LogP contribution is -2.44. The SMILES string of the molecule is CC(=O)N(CCC(=O)Nc1cccc(C)c1)c1ccc(N2CCN(C)CC2)cc1. The molecule has 2 aromatic rings. The fraction of sp³-hybridized carbons (Fsp3) is 0.391. The molecule has 6 heteroatoms. The molecular formula is C23H30N4O2. The first-order valence-electron chi connectivity index (χ1n) is 10.1. The Morgan fingerprint density at radius 2 is 1.72 bits per heavy atom. The van der Waals surface area contributed by atoms with Gasteiger partial charge in [0, 0.05) is 63.1 Å². The number of carbonyl (C=O) groups is 2. The van der Waals surface area contributed by atoms with Crippen molar-refractivity contribution in [2.75, 3.05) is 54.9 Å². The van der Waals surface area contributed by atoms with Gasteiger partial charge in [0.1, 0.15) is 0 Å². The van der Waals surface area contributed by atoms with Gasteiger partial charge in [-0.3, -0.25) is 9.59 Å². The second kappa shape index (κ2) is 9.56. The Kier molecular flexibility index (Phi) is 6.88. The van der Waals surface area contributed by atoms with Crippen molar-refractivity contribution in [1.29, 1.82) is 0 Å². The molecule has 2 aromatic carbocycles. The highest BCUT2D eigenvalue weighted by molar-refractivity contribution is 5.95. The molecule has 3 rings (SSSR count). The lowest BCUT2D eigenvalue weighted by Gasteiger charge is -2.34. The maximum atomic E-state index is 12.3. The summed E-state index contributed by atoms with van der Waals surface area (Å²) in [5.41, 5.74) is 3.86. The number of likely N-dealkylation sites (N-methyl/N-ethyl adjacent to an activating group) is 1. The molecule has 0 aliphatic carbocycles. The number of aryl methyl sites for hydroxylation is 1. The number of anilines is 3. The van der Waals surface area contributed by atoms with E-state index in [4.69, 9.17) is 0 Å². The first-order chi connectivity index (χ1) is 13.9. The second-order valence-electron chi connectivity index (χ2n) is 7.65. The number of nitrogens with one attached hydrogen (secondary N) is 1. The normalized spacial score (nSPS) is 14.5. The minimum atomic E-state index is -0.101. The van der Waals surface area contributed by atoms with Gasteiger partial charge in [-0.1, -0.05) is 12.1 Å². The van der Waals surface area contributed by atoms with Crippen molar-refractivity contribution in [1.82, 2.24) is 4.90 Å². The summed E-state index contributed by atoms with van der Waals surface area (Å²) in [6.45, 7) is 7.98. The van der Waals surface area contributed by atoms with Crippen molar-refractivity contribution < 1.29 is 9.59 Å². The number of hydrogen-bond acceptors (Lipinski definition) is 4. The van der Waals surface area contributed by atoms with E-state index >= 15 is 0 Å². The van der Waals surface area contributed by atoms with Crippen molar-refractivity contribution >= 4 is 28.9 Å². The van der Waals surface area contributed by atoms with Crippen LogP contribution in [0.25, 0.3) is 0 Å². The number of rotatable bonds is 6. The lowest BCUT2D eigenvalue weighted by molar-refractivity contribution is -0.117. The number of amides is 2. The molecule has 154 valence electrons. The third-order valence-corrected chi connectivity index (χ3v) is 5.27. The number of hydrogen-bond donors (Lipinski definition) is 1. The van der Waals surface area contributed by atoms with Crippen molar-refractivity contribution in [3.05, 3.63) is 54.1 Å². The highest BCUT2D eigenvalue weighted by atomic mass is 16.2. The monoisotopic (exact) mass is 394 g/mol. The van der Waals surface area contributed by atoms with Crippen LogP contribution in [-0.2, 0) is 9.59 Å². The molecule has 1 heterocycles.